The molecule has 7 unspecified atom stereocenters. The van der Waals surface area contributed by atoms with E-state index in [1.165, 1.54) is 19.9 Å². The van der Waals surface area contributed by atoms with Crippen molar-refractivity contribution in [2.45, 2.75) is 77.6 Å². The lowest BCUT2D eigenvalue weighted by Crippen LogP contribution is -2.66. The SMILES string of the molecule is CC(=O)OCC12C(O)CC(C)C(C)(CC(OC(C)=O)C3=CC(=O)OC3)C1CCCC21CO1. The van der Waals surface area contributed by atoms with Gasteiger partial charge < -0.3 is 24.1 Å². The molecular formula is C24H34O8. The molecule has 0 aromatic rings. The largest absolute Gasteiger partial charge is 0.465 e. The minimum Gasteiger partial charge on any atom is -0.465 e. The van der Waals surface area contributed by atoms with Gasteiger partial charge in [-0.05, 0) is 42.9 Å². The number of carbonyl (C=O) groups excluding carboxylic acids is 3. The molecule has 0 bridgehead atoms. The molecule has 1 spiro atoms. The van der Waals surface area contributed by atoms with Crippen LogP contribution in [0.15, 0.2) is 11.6 Å². The monoisotopic (exact) mass is 450 g/mol. The zero-order chi connectivity index (χ0) is 23.3. The van der Waals surface area contributed by atoms with Crippen LogP contribution in [0.4, 0.5) is 0 Å². The fourth-order valence-corrected chi connectivity index (χ4v) is 6.83. The molecule has 8 heteroatoms. The molecule has 2 heterocycles. The van der Waals surface area contributed by atoms with Gasteiger partial charge in [0.25, 0.3) is 0 Å². The Morgan fingerprint density at radius 2 is 2.03 bits per heavy atom. The number of fused-ring (bicyclic) bond motifs is 2. The van der Waals surface area contributed by atoms with Crippen molar-refractivity contribution in [3.63, 3.8) is 0 Å². The standard InChI is InChI=1S/C24H34O8/c1-14-8-20(27)24(13-30-15(2)25)19(6-5-7-23(24)12-31-23)22(14,4)10-18(32-16(3)26)17-9-21(28)29-11-17/h9,14,18-20,27H,5-8,10-13H2,1-4H3. The zero-order valence-corrected chi connectivity index (χ0v) is 19.3. The summed E-state index contributed by atoms with van der Waals surface area (Å²) >= 11 is 0. The Labute approximate surface area is 188 Å². The first-order valence-corrected chi connectivity index (χ1v) is 11.5. The van der Waals surface area contributed by atoms with Crippen LogP contribution < -0.4 is 0 Å². The van der Waals surface area contributed by atoms with Gasteiger partial charge in [-0.2, -0.15) is 0 Å². The highest BCUT2D eigenvalue weighted by Crippen LogP contribution is 2.68. The molecule has 8 nitrogen and oxygen atoms in total. The van der Waals surface area contributed by atoms with Gasteiger partial charge in [0.1, 0.15) is 24.9 Å². The Morgan fingerprint density at radius 3 is 2.59 bits per heavy atom. The van der Waals surface area contributed by atoms with Gasteiger partial charge in [-0.1, -0.05) is 20.3 Å². The second kappa shape index (κ2) is 8.13. The van der Waals surface area contributed by atoms with E-state index in [1.54, 1.807) is 0 Å². The van der Waals surface area contributed by atoms with Gasteiger partial charge in [-0.15, -0.1) is 0 Å². The Bertz CT molecular complexity index is 830. The van der Waals surface area contributed by atoms with Crippen LogP contribution in [0.3, 0.4) is 0 Å². The summed E-state index contributed by atoms with van der Waals surface area (Å²) in [5.74, 6) is -1.13. The Morgan fingerprint density at radius 1 is 1.31 bits per heavy atom. The Hall–Kier alpha value is -1.93. The zero-order valence-electron chi connectivity index (χ0n) is 19.3. The van der Waals surface area contributed by atoms with Crippen LogP contribution in [-0.2, 0) is 33.3 Å². The molecule has 0 amide bonds. The third-order valence-electron chi connectivity index (χ3n) is 8.68. The smallest absolute Gasteiger partial charge is 0.331 e. The predicted molar refractivity (Wildman–Crippen MR) is 112 cm³/mol. The molecule has 2 saturated carbocycles. The van der Waals surface area contributed by atoms with Crippen molar-refractivity contribution in [3.8, 4) is 0 Å². The summed E-state index contributed by atoms with van der Waals surface area (Å²) in [7, 11) is 0. The average Bonchev–Trinajstić information content (AvgIpc) is 3.35. The number of aliphatic hydroxyl groups is 1. The molecule has 3 fully saturated rings. The van der Waals surface area contributed by atoms with Crippen LogP contribution in [0, 0.1) is 22.7 Å². The Balaban J connectivity index is 1.73. The van der Waals surface area contributed by atoms with Crippen molar-refractivity contribution < 1.29 is 38.4 Å². The maximum Gasteiger partial charge on any atom is 0.331 e. The third-order valence-corrected chi connectivity index (χ3v) is 8.68. The summed E-state index contributed by atoms with van der Waals surface area (Å²) in [4.78, 5) is 35.4. The van der Waals surface area contributed by atoms with E-state index in [0.29, 0.717) is 25.0 Å². The summed E-state index contributed by atoms with van der Waals surface area (Å²) in [5, 5.41) is 11.4. The van der Waals surface area contributed by atoms with E-state index in [0.717, 1.165) is 19.3 Å². The van der Waals surface area contributed by atoms with Crippen LogP contribution >= 0.6 is 0 Å². The van der Waals surface area contributed by atoms with E-state index in [2.05, 4.69) is 13.8 Å². The van der Waals surface area contributed by atoms with E-state index < -0.39 is 35.2 Å². The summed E-state index contributed by atoms with van der Waals surface area (Å²) in [5.41, 5.74) is -0.904. The fraction of sp³-hybridized carbons (Fsp3) is 0.792. The van der Waals surface area contributed by atoms with Crippen LogP contribution in [0.25, 0.3) is 0 Å². The lowest BCUT2D eigenvalue weighted by atomic mass is 9.43. The number of cyclic esters (lactones) is 1. The van der Waals surface area contributed by atoms with Crippen molar-refractivity contribution >= 4 is 17.9 Å². The summed E-state index contributed by atoms with van der Waals surface area (Å²) in [6.45, 7) is 7.80. The highest BCUT2D eigenvalue weighted by Gasteiger charge is 2.74. The second-order valence-corrected chi connectivity index (χ2v) is 10.3. The number of hydrogen-bond donors (Lipinski definition) is 1. The molecule has 7 atom stereocenters. The summed E-state index contributed by atoms with van der Waals surface area (Å²) in [6, 6.07) is 0. The maximum absolute atomic E-state index is 11.9. The van der Waals surface area contributed by atoms with Crippen molar-refractivity contribution in [1.29, 1.82) is 0 Å². The lowest BCUT2D eigenvalue weighted by Gasteiger charge is -2.62. The Kier molecular flexibility index (Phi) is 5.91. The molecule has 2 aliphatic heterocycles. The van der Waals surface area contributed by atoms with Crippen LogP contribution in [0.1, 0.15) is 59.8 Å². The number of ether oxygens (including phenoxy) is 4. The number of carbonyl (C=O) groups is 3. The molecule has 178 valence electrons. The van der Waals surface area contributed by atoms with E-state index in [4.69, 9.17) is 18.9 Å². The number of rotatable bonds is 6. The van der Waals surface area contributed by atoms with Gasteiger partial charge in [0.15, 0.2) is 0 Å². The number of hydrogen-bond acceptors (Lipinski definition) is 8. The van der Waals surface area contributed by atoms with Crippen molar-refractivity contribution in [2.24, 2.45) is 22.7 Å². The van der Waals surface area contributed by atoms with E-state index in [9.17, 15) is 19.5 Å². The predicted octanol–water partition coefficient (Wildman–Crippen LogP) is 2.32. The molecule has 2 aliphatic carbocycles. The van der Waals surface area contributed by atoms with Crippen LogP contribution in [0.5, 0.6) is 0 Å². The van der Waals surface area contributed by atoms with Crippen molar-refractivity contribution in [3.05, 3.63) is 11.6 Å². The quantitative estimate of drug-likeness (QED) is 0.373. The second-order valence-electron chi connectivity index (χ2n) is 10.3. The lowest BCUT2D eigenvalue weighted by molar-refractivity contribution is -0.222. The molecular weight excluding hydrogens is 416 g/mol. The maximum atomic E-state index is 11.9. The molecule has 0 aromatic heterocycles. The third kappa shape index (κ3) is 3.65. The first-order chi connectivity index (χ1) is 15.0. The van der Waals surface area contributed by atoms with E-state index >= 15 is 0 Å². The van der Waals surface area contributed by atoms with Gasteiger partial charge in [0.2, 0.25) is 0 Å². The van der Waals surface area contributed by atoms with Gasteiger partial charge in [0, 0.05) is 25.5 Å². The van der Waals surface area contributed by atoms with E-state index in [1.807, 2.05) is 0 Å². The van der Waals surface area contributed by atoms with Crippen molar-refractivity contribution in [1.82, 2.24) is 0 Å². The topological polar surface area (TPSA) is 112 Å². The normalized spacial score (nSPS) is 41.3. The van der Waals surface area contributed by atoms with E-state index in [-0.39, 0.29) is 36.4 Å². The number of epoxide rings is 1. The summed E-state index contributed by atoms with van der Waals surface area (Å²) < 4.78 is 22.3. The summed E-state index contributed by atoms with van der Waals surface area (Å²) in [6.07, 6.45) is 3.80. The first-order valence-electron chi connectivity index (χ1n) is 11.5. The fourth-order valence-electron chi connectivity index (χ4n) is 6.83. The van der Waals surface area contributed by atoms with Crippen molar-refractivity contribution in [2.75, 3.05) is 19.8 Å². The molecule has 4 aliphatic rings. The van der Waals surface area contributed by atoms with Gasteiger partial charge >= 0.3 is 17.9 Å². The molecule has 0 aromatic carbocycles. The van der Waals surface area contributed by atoms with Crippen LogP contribution in [0.2, 0.25) is 0 Å². The highest BCUT2D eigenvalue weighted by molar-refractivity contribution is 5.85. The number of aliphatic hydroxyl groups excluding tert-OH is 1. The molecule has 1 saturated heterocycles. The van der Waals surface area contributed by atoms with Gasteiger partial charge in [-0.3, -0.25) is 9.59 Å². The number of esters is 3. The average molecular weight is 451 g/mol. The van der Waals surface area contributed by atoms with Gasteiger partial charge in [0.05, 0.1) is 18.1 Å². The minimum absolute atomic E-state index is 0.0129. The molecule has 4 rings (SSSR count). The van der Waals surface area contributed by atoms with Crippen LogP contribution in [-0.4, -0.2) is 60.6 Å². The highest BCUT2D eigenvalue weighted by atomic mass is 16.6. The minimum atomic E-state index is -0.713. The van der Waals surface area contributed by atoms with Gasteiger partial charge in [-0.25, -0.2) is 4.79 Å². The first kappa shape index (κ1) is 23.2. The molecule has 32 heavy (non-hydrogen) atoms. The molecule has 0 radical (unpaired) electrons. The molecule has 1 N–H and O–H groups in total.